The van der Waals surface area contributed by atoms with E-state index in [1.807, 2.05) is 75.1 Å². The molecule has 4 rings (SSSR count). The molecule has 0 aliphatic carbocycles. The first-order chi connectivity index (χ1) is 19.2. The number of nitrogens with zero attached hydrogens (tertiary/aromatic N) is 1. The largest absolute Gasteiger partial charge is 0.348 e. The Morgan fingerprint density at radius 3 is 2.27 bits per heavy atom. The lowest BCUT2D eigenvalue weighted by Gasteiger charge is -2.52. The van der Waals surface area contributed by atoms with Crippen molar-refractivity contribution in [2.75, 3.05) is 12.4 Å². The molecular formula is C32H43Cl2NO5S. The van der Waals surface area contributed by atoms with Crippen molar-refractivity contribution in [1.29, 1.82) is 0 Å². The average Bonchev–Trinajstić information content (AvgIpc) is 3.24. The summed E-state index contributed by atoms with van der Waals surface area (Å²) in [6.07, 6.45) is 1.83. The zero-order valence-corrected chi connectivity index (χ0v) is 27.2. The number of halogens is 2. The van der Waals surface area contributed by atoms with Gasteiger partial charge in [-0.05, 0) is 88.8 Å². The Morgan fingerprint density at radius 2 is 1.71 bits per heavy atom. The Balaban J connectivity index is 1.83. The van der Waals surface area contributed by atoms with Crippen LogP contribution in [0, 0.1) is 5.41 Å². The van der Waals surface area contributed by atoms with E-state index in [1.165, 1.54) is 0 Å². The molecule has 9 heteroatoms. The molecule has 5 atom stereocenters. The van der Waals surface area contributed by atoms with Crippen LogP contribution in [0.1, 0.15) is 90.3 Å². The van der Waals surface area contributed by atoms with Crippen LogP contribution in [0.15, 0.2) is 48.5 Å². The number of amides is 1. The van der Waals surface area contributed by atoms with Crippen LogP contribution in [-0.4, -0.2) is 54.8 Å². The van der Waals surface area contributed by atoms with Crippen molar-refractivity contribution in [2.24, 2.45) is 5.41 Å². The van der Waals surface area contributed by atoms with E-state index in [9.17, 15) is 13.2 Å². The monoisotopic (exact) mass is 623 g/mol. The van der Waals surface area contributed by atoms with Gasteiger partial charge in [0.15, 0.2) is 15.6 Å². The zero-order chi connectivity index (χ0) is 30.2. The van der Waals surface area contributed by atoms with Gasteiger partial charge in [-0.15, -0.1) is 0 Å². The predicted molar refractivity (Wildman–Crippen MR) is 165 cm³/mol. The van der Waals surface area contributed by atoms with Crippen LogP contribution in [0.4, 0.5) is 0 Å². The number of sulfone groups is 1. The summed E-state index contributed by atoms with van der Waals surface area (Å²) in [5.41, 5.74) is 1.23. The molecular weight excluding hydrogens is 581 g/mol. The number of hydrogen-bond acceptors (Lipinski definition) is 5. The summed E-state index contributed by atoms with van der Waals surface area (Å²) < 4.78 is 37.8. The summed E-state index contributed by atoms with van der Waals surface area (Å²) in [5.74, 6) is -0.762. The first-order valence-corrected chi connectivity index (χ1v) is 17.0. The van der Waals surface area contributed by atoms with Gasteiger partial charge in [-0.2, -0.15) is 0 Å². The maximum Gasteiger partial charge on any atom is 0.229 e. The van der Waals surface area contributed by atoms with Gasteiger partial charge in [0, 0.05) is 27.4 Å². The molecule has 0 N–H and O–H groups in total. The second-order valence-electron chi connectivity index (χ2n) is 12.6. The summed E-state index contributed by atoms with van der Waals surface area (Å²) in [4.78, 5) is 16.8. The number of carbonyl (C=O) groups excluding carboxylic acids is 1. The summed E-state index contributed by atoms with van der Waals surface area (Å²) in [6.45, 7) is 11.6. The smallest absolute Gasteiger partial charge is 0.229 e. The fourth-order valence-corrected chi connectivity index (χ4v) is 7.81. The molecule has 2 heterocycles. The van der Waals surface area contributed by atoms with E-state index in [0.29, 0.717) is 42.3 Å². The van der Waals surface area contributed by atoms with Crippen LogP contribution < -0.4 is 0 Å². The number of ether oxygens (including phenoxy) is 2. The van der Waals surface area contributed by atoms with Gasteiger partial charge in [0.2, 0.25) is 5.91 Å². The van der Waals surface area contributed by atoms with Crippen LogP contribution in [-0.2, 0) is 24.1 Å². The highest BCUT2D eigenvalue weighted by atomic mass is 35.5. The highest BCUT2D eigenvalue weighted by Gasteiger charge is 2.53. The van der Waals surface area contributed by atoms with E-state index in [1.54, 1.807) is 13.8 Å². The topological polar surface area (TPSA) is 72.9 Å². The van der Waals surface area contributed by atoms with Crippen molar-refractivity contribution >= 4 is 38.9 Å². The standard InChI is InChI=1S/C32H43Cl2NO5S/c1-7-26(15-16-41(37,38)21(2)3)35-29(22-11-13-24(33)14-12-22)28(23-9-8-10-25(34)17-23)19-32(6,30(35)36)18-27-20-39-31(4,5)40-27/h8-14,17,21,26-29H,7,15-16,18-20H2,1-6H3. The first-order valence-electron chi connectivity index (χ1n) is 14.5. The Kier molecular flexibility index (Phi) is 9.87. The minimum Gasteiger partial charge on any atom is -0.348 e. The van der Waals surface area contributed by atoms with Crippen molar-refractivity contribution in [3.63, 3.8) is 0 Å². The van der Waals surface area contributed by atoms with Crippen LogP contribution in [0.3, 0.4) is 0 Å². The Morgan fingerprint density at radius 1 is 1.02 bits per heavy atom. The third kappa shape index (κ3) is 7.30. The van der Waals surface area contributed by atoms with Crippen molar-refractivity contribution in [2.45, 2.75) is 102 Å². The molecule has 0 spiro atoms. The van der Waals surface area contributed by atoms with Gasteiger partial charge in [0.25, 0.3) is 0 Å². The lowest BCUT2D eigenvalue weighted by atomic mass is 9.66. The molecule has 5 unspecified atom stereocenters. The number of likely N-dealkylation sites (tertiary alicyclic amines) is 1. The van der Waals surface area contributed by atoms with Gasteiger partial charge in [0.1, 0.15) is 0 Å². The van der Waals surface area contributed by atoms with Crippen molar-refractivity contribution in [3.05, 3.63) is 69.7 Å². The summed E-state index contributed by atoms with van der Waals surface area (Å²) >= 11 is 12.8. The molecule has 2 aromatic rings. The summed E-state index contributed by atoms with van der Waals surface area (Å²) in [5, 5.41) is 0.769. The van der Waals surface area contributed by atoms with Crippen LogP contribution in [0.2, 0.25) is 10.0 Å². The molecule has 2 aromatic carbocycles. The van der Waals surface area contributed by atoms with Gasteiger partial charge < -0.3 is 14.4 Å². The lowest BCUT2D eigenvalue weighted by Crippen LogP contribution is -2.56. The normalized spacial score (nSPS) is 27.4. The van der Waals surface area contributed by atoms with Gasteiger partial charge in [-0.1, -0.05) is 61.3 Å². The highest BCUT2D eigenvalue weighted by Crippen LogP contribution is 2.53. The summed E-state index contributed by atoms with van der Waals surface area (Å²) in [7, 11) is -3.29. The van der Waals surface area contributed by atoms with Crippen molar-refractivity contribution in [1.82, 2.24) is 4.90 Å². The van der Waals surface area contributed by atoms with Crippen LogP contribution >= 0.6 is 23.2 Å². The molecule has 41 heavy (non-hydrogen) atoms. The van der Waals surface area contributed by atoms with Gasteiger partial charge in [0.05, 0.1) is 29.8 Å². The van der Waals surface area contributed by atoms with Crippen LogP contribution in [0.5, 0.6) is 0 Å². The molecule has 2 fully saturated rings. The number of carbonyl (C=O) groups is 1. The molecule has 2 saturated heterocycles. The number of rotatable bonds is 10. The lowest BCUT2D eigenvalue weighted by molar-refractivity contribution is -0.163. The Labute approximate surface area is 255 Å². The third-order valence-corrected chi connectivity index (χ3v) is 11.4. The second-order valence-corrected chi connectivity index (χ2v) is 16.1. The number of hydrogen-bond donors (Lipinski definition) is 0. The molecule has 1 amide bonds. The van der Waals surface area contributed by atoms with E-state index in [2.05, 4.69) is 6.07 Å². The molecule has 0 bridgehead atoms. The molecule has 0 saturated carbocycles. The Bertz CT molecular complexity index is 1330. The van der Waals surface area contributed by atoms with E-state index < -0.39 is 26.3 Å². The SMILES string of the molecule is CCC(CCS(=O)(=O)C(C)C)N1C(=O)C(C)(CC2COC(C)(C)O2)CC(c2cccc(Cl)c2)C1c1ccc(Cl)cc1. The minimum atomic E-state index is -3.29. The zero-order valence-electron chi connectivity index (χ0n) is 24.9. The molecule has 0 radical (unpaired) electrons. The van der Waals surface area contributed by atoms with E-state index in [0.717, 1.165) is 11.1 Å². The summed E-state index contributed by atoms with van der Waals surface area (Å²) in [6, 6.07) is 14.9. The number of benzene rings is 2. The first kappa shape index (κ1) is 32.3. The highest BCUT2D eigenvalue weighted by molar-refractivity contribution is 7.91. The quantitative estimate of drug-likeness (QED) is 0.272. The van der Waals surface area contributed by atoms with Gasteiger partial charge >= 0.3 is 0 Å². The maximum absolute atomic E-state index is 14.8. The van der Waals surface area contributed by atoms with Crippen molar-refractivity contribution < 1.29 is 22.7 Å². The second kappa shape index (κ2) is 12.5. The van der Waals surface area contributed by atoms with E-state index >= 15 is 0 Å². The average molecular weight is 625 g/mol. The van der Waals surface area contributed by atoms with Gasteiger partial charge in [-0.25, -0.2) is 8.42 Å². The van der Waals surface area contributed by atoms with E-state index in [-0.39, 0.29) is 35.8 Å². The fraction of sp³-hybridized carbons (Fsp3) is 0.594. The Hall–Kier alpha value is -1.64. The molecule has 2 aliphatic rings. The minimum absolute atomic E-state index is 0.0119. The predicted octanol–water partition coefficient (Wildman–Crippen LogP) is 7.59. The molecule has 226 valence electrons. The molecule has 0 aromatic heterocycles. The van der Waals surface area contributed by atoms with Gasteiger partial charge in [-0.3, -0.25) is 4.79 Å². The third-order valence-electron chi connectivity index (χ3n) is 8.65. The van der Waals surface area contributed by atoms with Crippen LogP contribution in [0.25, 0.3) is 0 Å². The maximum atomic E-state index is 14.8. The molecule has 6 nitrogen and oxygen atoms in total. The molecule has 2 aliphatic heterocycles. The van der Waals surface area contributed by atoms with E-state index in [4.69, 9.17) is 32.7 Å². The number of piperidine rings is 1. The van der Waals surface area contributed by atoms with Crippen molar-refractivity contribution in [3.8, 4) is 0 Å². The fourth-order valence-electron chi connectivity index (χ4n) is 6.41.